The van der Waals surface area contributed by atoms with Crippen LogP contribution in [0.1, 0.15) is 35.5 Å². The van der Waals surface area contributed by atoms with Gasteiger partial charge in [0.25, 0.3) is 11.8 Å². The van der Waals surface area contributed by atoms with E-state index in [-0.39, 0.29) is 29.8 Å². The molecule has 0 bridgehead atoms. The van der Waals surface area contributed by atoms with Crippen molar-refractivity contribution in [2.24, 2.45) is 0 Å². The number of amides is 2. The van der Waals surface area contributed by atoms with Gasteiger partial charge in [0.05, 0.1) is 6.26 Å². The average molecular weight is 420 g/mol. The Morgan fingerprint density at radius 2 is 1.94 bits per heavy atom. The Labute approximate surface area is 180 Å². The molecule has 2 aromatic carbocycles. The Hall–Kier alpha value is -3.74. The summed E-state index contributed by atoms with van der Waals surface area (Å²) >= 11 is 0. The number of hydrogen-bond acceptors (Lipinski definition) is 5. The standard InChI is InChI=1S/C24H24N2O5/c1-24(2)13-17-7-4-9-19(22(17)31-24)30-15-21(27)25-14-16-6-3-8-18(12-16)26-23(28)20-10-5-11-29-20/h3-12H,13-15H2,1-2H3,(H,25,27)(H,26,28). The van der Waals surface area contributed by atoms with Crippen molar-refractivity contribution < 1.29 is 23.5 Å². The van der Waals surface area contributed by atoms with E-state index in [0.717, 1.165) is 17.5 Å². The van der Waals surface area contributed by atoms with Crippen molar-refractivity contribution in [3.8, 4) is 11.5 Å². The molecule has 160 valence electrons. The molecule has 4 rings (SSSR count). The molecule has 0 spiro atoms. The van der Waals surface area contributed by atoms with Crippen LogP contribution in [-0.4, -0.2) is 24.0 Å². The monoisotopic (exact) mass is 420 g/mol. The molecule has 0 fully saturated rings. The fraction of sp³-hybridized carbons (Fsp3) is 0.250. The molecule has 7 heteroatoms. The summed E-state index contributed by atoms with van der Waals surface area (Å²) in [6, 6.07) is 16.2. The zero-order valence-electron chi connectivity index (χ0n) is 17.4. The van der Waals surface area contributed by atoms with E-state index in [2.05, 4.69) is 10.6 Å². The van der Waals surface area contributed by atoms with Crippen molar-refractivity contribution in [2.75, 3.05) is 11.9 Å². The minimum atomic E-state index is -0.333. The summed E-state index contributed by atoms with van der Waals surface area (Å²) in [5.74, 6) is 0.928. The van der Waals surface area contributed by atoms with Gasteiger partial charge >= 0.3 is 0 Å². The highest BCUT2D eigenvalue weighted by atomic mass is 16.5. The highest BCUT2D eigenvalue weighted by Crippen LogP contribution is 2.41. The SMILES string of the molecule is CC1(C)Cc2cccc(OCC(=O)NCc3cccc(NC(=O)c4ccco4)c3)c2O1. The Kier molecular flexibility index (Phi) is 5.66. The van der Waals surface area contributed by atoms with Crippen molar-refractivity contribution >= 4 is 17.5 Å². The number of fused-ring (bicyclic) bond motifs is 1. The molecule has 0 saturated heterocycles. The summed E-state index contributed by atoms with van der Waals surface area (Å²) in [5.41, 5.74) is 2.26. The first kappa shape index (κ1) is 20.5. The molecule has 2 amide bonds. The van der Waals surface area contributed by atoms with Crippen LogP contribution < -0.4 is 20.1 Å². The van der Waals surface area contributed by atoms with Gasteiger partial charge in [0.2, 0.25) is 0 Å². The van der Waals surface area contributed by atoms with Crippen molar-refractivity contribution in [2.45, 2.75) is 32.4 Å². The number of carbonyl (C=O) groups is 2. The highest BCUT2D eigenvalue weighted by Gasteiger charge is 2.32. The van der Waals surface area contributed by atoms with Gasteiger partial charge in [0.1, 0.15) is 5.60 Å². The Bertz CT molecular complexity index is 1090. The second-order valence-electron chi connectivity index (χ2n) is 7.98. The lowest BCUT2D eigenvalue weighted by atomic mass is 10.0. The lowest BCUT2D eigenvalue weighted by Gasteiger charge is -2.18. The summed E-state index contributed by atoms with van der Waals surface area (Å²) < 4.78 is 16.8. The third-order valence-corrected chi connectivity index (χ3v) is 4.83. The molecule has 3 aromatic rings. The molecule has 1 aliphatic rings. The van der Waals surface area contributed by atoms with E-state index in [1.54, 1.807) is 30.3 Å². The number of benzene rings is 2. The van der Waals surface area contributed by atoms with Crippen molar-refractivity contribution in [1.29, 1.82) is 0 Å². The molecule has 1 aromatic heterocycles. The number of rotatable bonds is 7. The van der Waals surface area contributed by atoms with Gasteiger partial charge in [-0.1, -0.05) is 24.3 Å². The van der Waals surface area contributed by atoms with E-state index < -0.39 is 0 Å². The molecule has 2 heterocycles. The van der Waals surface area contributed by atoms with Gasteiger partial charge in [0, 0.05) is 24.2 Å². The normalized spacial score (nSPS) is 13.7. The number of anilines is 1. The van der Waals surface area contributed by atoms with Crippen LogP contribution in [0.15, 0.2) is 65.3 Å². The summed E-state index contributed by atoms with van der Waals surface area (Å²) in [4.78, 5) is 24.4. The summed E-state index contributed by atoms with van der Waals surface area (Å²) in [6.45, 7) is 4.24. The third kappa shape index (κ3) is 5.06. The maximum Gasteiger partial charge on any atom is 0.291 e. The highest BCUT2D eigenvalue weighted by molar-refractivity contribution is 6.02. The molecule has 0 saturated carbocycles. The average Bonchev–Trinajstić information content (AvgIpc) is 3.37. The van der Waals surface area contributed by atoms with Crippen LogP contribution in [0.25, 0.3) is 0 Å². The van der Waals surface area contributed by atoms with E-state index in [1.165, 1.54) is 6.26 Å². The van der Waals surface area contributed by atoms with E-state index in [4.69, 9.17) is 13.9 Å². The maximum absolute atomic E-state index is 12.3. The van der Waals surface area contributed by atoms with E-state index in [0.29, 0.717) is 23.7 Å². The van der Waals surface area contributed by atoms with Gasteiger partial charge in [0.15, 0.2) is 23.9 Å². The lowest BCUT2D eigenvalue weighted by molar-refractivity contribution is -0.123. The molecule has 1 aliphatic heterocycles. The summed E-state index contributed by atoms with van der Waals surface area (Å²) in [6.07, 6.45) is 2.25. The van der Waals surface area contributed by atoms with Gasteiger partial charge in [-0.25, -0.2) is 0 Å². The number of hydrogen-bond donors (Lipinski definition) is 2. The lowest BCUT2D eigenvalue weighted by Crippen LogP contribution is -2.28. The van der Waals surface area contributed by atoms with Crippen LogP contribution in [0.5, 0.6) is 11.5 Å². The van der Waals surface area contributed by atoms with Gasteiger partial charge in [-0.2, -0.15) is 0 Å². The minimum absolute atomic E-state index is 0.116. The first-order chi connectivity index (χ1) is 14.9. The number of para-hydroxylation sites is 1. The molecule has 0 radical (unpaired) electrons. The van der Waals surface area contributed by atoms with E-state index in [9.17, 15) is 9.59 Å². The Balaban J connectivity index is 1.29. The smallest absolute Gasteiger partial charge is 0.291 e. The number of nitrogens with one attached hydrogen (secondary N) is 2. The predicted molar refractivity (Wildman–Crippen MR) is 115 cm³/mol. The number of furan rings is 1. The summed E-state index contributed by atoms with van der Waals surface area (Å²) in [5, 5.41) is 5.59. The molecular formula is C24H24N2O5. The molecule has 2 N–H and O–H groups in total. The first-order valence-electron chi connectivity index (χ1n) is 10.0. The molecule has 0 unspecified atom stereocenters. The van der Waals surface area contributed by atoms with E-state index in [1.807, 2.05) is 38.1 Å². The van der Waals surface area contributed by atoms with Gasteiger partial charge in [-0.15, -0.1) is 0 Å². The largest absolute Gasteiger partial charge is 0.483 e. The van der Waals surface area contributed by atoms with Crippen LogP contribution in [-0.2, 0) is 17.8 Å². The summed E-state index contributed by atoms with van der Waals surface area (Å²) in [7, 11) is 0. The van der Waals surface area contributed by atoms with Crippen molar-refractivity contribution in [3.63, 3.8) is 0 Å². The molecule has 0 atom stereocenters. The number of carbonyl (C=O) groups excluding carboxylic acids is 2. The van der Waals surface area contributed by atoms with Crippen LogP contribution >= 0.6 is 0 Å². The maximum atomic E-state index is 12.3. The second-order valence-corrected chi connectivity index (χ2v) is 7.98. The van der Waals surface area contributed by atoms with Crippen LogP contribution in [0.4, 0.5) is 5.69 Å². The van der Waals surface area contributed by atoms with Gasteiger partial charge in [-0.05, 0) is 49.7 Å². The molecular weight excluding hydrogens is 396 g/mol. The Morgan fingerprint density at radius 1 is 1.10 bits per heavy atom. The number of ether oxygens (including phenoxy) is 2. The minimum Gasteiger partial charge on any atom is -0.483 e. The fourth-order valence-corrected chi connectivity index (χ4v) is 3.46. The predicted octanol–water partition coefficient (Wildman–Crippen LogP) is 3.94. The van der Waals surface area contributed by atoms with Crippen molar-refractivity contribution in [3.05, 3.63) is 77.7 Å². The second kappa shape index (κ2) is 8.55. The van der Waals surface area contributed by atoms with Gasteiger partial charge < -0.3 is 24.5 Å². The molecule has 31 heavy (non-hydrogen) atoms. The van der Waals surface area contributed by atoms with Gasteiger partial charge in [-0.3, -0.25) is 9.59 Å². The van der Waals surface area contributed by atoms with Crippen molar-refractivity contribution in [1.82, 2.24) is 5.32 Å². The topological polar surface area (TPSA) is 89.8 Å². The molecule has 7 nitrogen and oxygen atoms in total. The fourth-order valence-electron chi connectivity index (χ4n) is 3.46. The van der Waals surface area contributed by atoms with E-state index >= 15 is 0 Å². The zero-order valence-corrected chi connectivity index (χ0v) is 17.4. The quantitative estimate of drug-likeness (QED) is 0.604. The van der Waals surface area contributed by atoms with Crippen LogP contribution in [0, 0.1) is 0 Å². The first-order valence-corrected chi connectivity index (χ1v) is 10.0. The zero-order chi connectivity index (χ0) is 21.8. The molecule has 0 aliphatic carbocycles. The van der Waals surface area contributed by atoms with Crippen LogP contribution in [0.2, 0.25) is 0 Å². The van der Waals surface area contributed by atoms with Crippen LogP contribution in [0.3, 0.4) is 0 Å². The third-order valence-electron chi connectivity index (χ3n) is 4.83. The Morgan fingerprint density at radius 3 is 2.74 bits per heavy atom.